The SMILES string of the molecule is CC(C)N(C(=O)c1cc(-c2cnc(NC(=O)OC(C)(C)C)cn2)n(-c2cccnc2)n1)C(C)C. The monoisotopic (exact) mass is 465 g/mol. The van der Waals surface area contributed by atoms with E-state index >= 15 is 0 Å². The van der Waals surface area contributed by atoms with Crippen molar-refractivity contribution in [3.8, 4) is 17.1 Å². The van der Waals surface area contributed by atoms with Crippen molar-refractivity contribution in [2.45, 2.75) is 66.2 Å². The van der Waals surface area contributed by atoms with Gasteiger partial charge in [0.05, 0.1) is 30.0 Å². The summed E-state index contributed by atoms with van der Waals surface area (Å²) in [5.74, 6) is 0.0672. The number of rotatable bonds is 6. The molecule has 0 aromatic carbocycles. The van der Waals surface area contributed by atoms with Gasteiger partial charge in [-0.2, -0.15) is 5.10 Å². The first kappa shape index (κ1) is 24.8. The standard InChI is InChI=1S/C24H31N7O3/c1-15(2)30(16(3)4)22(32)18-11-20(31(29-18)17-9-8-10-25-12-17)19-13-27-21(14-26-19)28-23(33)34-24(5,6)7/h8-16H,1-7H3,(H,27,28,33). The molecule has 1 N–H and O–H groups in total. The van der Waals surface area contributed by atoms with Crippen molar-refractivity contribution in [1.82, 2.24) is 29.6 Å². The Labute approximate surface area is 199 Å². The Bertz CT molecular complexity index is 1130. The van der Waals surface area contributed by atoms with E-state index in [0.29, 0.717) is 22.8 Å². The molecule has 0 aliphatic carbocycles. The molecule has 0 atom stereocenters. The van der Waals surface area contributed by atoms with Gasteiger partial charge in [0.25, 0.3) is 5.91 Å². The van der Waals surface area contributed by atoms with E-state index in [4.69, 9.17) is 4.74 Å². The lowest BCUT2D eigenvalue weighted by Gasteiger charge is -2.29. The molecule has 0 saturated carbocycles. The Morgan fingerprint density at radius 3 is 2.29 bits per heavy atom. The van der Waals surface area contributed by atoms with Crippen molar-refractivity contribution in [2.24, 2.45) is 0 Å². The van der Waals surface area contributed by atoms with Crippen LogP contribution >= 0.6 is 0 Å². The van der Waals surface area contributed by atoms with Gasteiger partial charge in [0.1, 0.15) is 11.3 Å². The molecule has 180 valence electrons. The number of nitrogens with zero attached hydrogens (tertiary/aromatic N) is 6. The second-order valence-corrected chi connectivity index (χ2v) is 9.35. The highest BCUT2D eigenvalue weighted by Crippen LogP contribution is 2.24. The highest BCUT2D eigenvalue weighted by atomic mass is 16.6. The summed E-state index contributed by atoms with van der Waals surface area (Å²) < 4.78 is 6.86. The van der Waals surface area contributed by atoms with Crippen LogP contribution in [0.25, 0.3) is 17.1 Å². The largest absolute Gasteiger partial charge is 0.444 e. The highest BCUT2D eigenvalue weighted by Gasteiger charge is 2.26. The van der Waals surface area contributed by atoms with Crippen LogP contribution in [0.5, 0.6) is 0 Å². The Balaban J connectivity index is 1.97. The quantitative estimate of drug-likeness (QED) is 0.576. The second-order valence-electron chi connectivity index (χ2n) is 9.35. The Hall–Kier alpha value is -3.82. The second kappa shape index (κ2) is 9.98. The molecule has 3 rings (SSSR count). The number of hydrogen-bond donors (Lipinski definition) is 1. The number of pyridine rings is 1. The molecule has 3 aromatic heterocycles. The van der Waals surface area contributed by atoms with Gasteiger partial charge in [-0.3, -0.25) is 15.1 Å². The minimum Gasteiger partial charge on any atom is -0.444 e. The number of ether oxygens (including phenoxy) is 1. The first-order valence-electron chi connectivity index (χ1n) is 11.1. The lowest BCUT2D eigenvalue weighted by molar-refractivity contribution is 0.0626. The zero-order valence-corrected chi connectivity index (χ0v) is 20.6. The average molecular weight is 466 g/mol. The fraction of sp³-hybridized carbons (Fsp3) is 0.417. The summed E-state index contributed by atoms with van der Waals surface area (Å²) in [5.41, 5.74) is 1.39. The van der Waals surface area contributed by atoms with E-state index in [1.165, 1.54) is 12.4 Å². The summed E-state index contributed by atoms with van der Waals surface area (Å²) in [5, 5.41) is 7.14. The summed E-state index contributed by atoms with van der Waals surface area (Å²) in [7, 11) is 0. The van der Waals surface area contributed by atoms with Crippen molar-refractivity contribution < 1.29 is 14.3 Å². The number of aromatic nitrogens is 5. The van der Waals surface area contributed by atoms with Crippen LogP contribution in [-0.4, -0.2) is 59.3 Å². The molecule has 0 saturated heterocycles. The van der Waals surface area contributed by atoms with Gasteiger partial charge in [-0.15, -0.1) is 0 Å². The fourth-order valence-corrected chi connectivity index (χ4v) is 3.47. The first-order chi connectivity index (χ1) is 16.0. The lowest BCUT2D eigenvalue weighted by Crippen LogP contribution is -2.42. The highest BCUT2D eigenvalue weighted by molar-refractivity contribution is 5.94. The predicted molar refractivity (Wildman–Crippen MR) is 129 cm³/mol. The van der Waals surface area contributed by atoms with Crippen molar-refractivity contribution in [3.63, 3.8) is 0 Å². The van der Waals surface area contributed by atoms with E-state index in [1.54, 1.807) is 54.9 Å². The van der Waals surface area contributed by atoms with Crippen LogP contribution in [0.3, 0.4) is 0 Å². The van der Waals surface area contributed by atoms with Gasteiger partial charge in [0.2, 0.25) is 0 Å². The molecule has 34 heavy (non-hydrogen) atoms. The molecule has 0 unspecified atom stereocenters. The van der Waals surface area contributed by atoms with Gasteiger partial charge >= 0.3 is 6.09 Å². The van der Waals surface area contributed by atoms with Crippen LogP contribution in [0, 0.1) is 0 Å². The van der Waals surface area contributed by atoms with Crippen molar-refractivity contribution in [2.75, 3.05) is 5.32 Å². The number of amides is 2. The number of hydrogen-bond acceptors (Lipinski definition) is 7. The van der Waals surface area contributed by atoms with Crippen LogP contribution in [0.1, 0.15) is 59.0 Å². The first-order valence-corrected chi connectivity index (χ1v) is 11.1. The summed E-state index contributed by atoms with van der Waals surface area (Å²) in [6, 6.07) is 5.34. The van der Waals surface area contributed by atoms with E-state index in [9.17, 15) is 9.59 Å². The van der Waals surface area contributed by atoms with E-state index in [0.717, 1.165) is 0 Å². The van der Waals surface area contributed by atoms with Crippen molar-refractivity contribution in [1.29, 1.82) is 0 Å². The van der Waals surface area contributed by atoms with Gasteiger partial charge in [-0.05, 0) is 66.7 Å². The maximum absolute atomic E-state index is 13.3. The Morgan fingerprint density at radius 2 is 1.76 bits per heavy atom. The molecular formula is C24H31N7O3. The molecular weight excluding hydrogens is 434 g/mol. The maximum Gasteiger partial charge on any atom is 0.413 e. The van der Waals surface area contributed by atoms with Crippen molar-refractivity contribution in [3.05, 3.63) is 48.7 Å². The van der Waals surface area contributed by atoms with Gasteiger partial charge < -0.3 is 9.64 Å². The summed E-state index contributed by atoms with van der Waals surface area (Å²) in [6.07, 6.45) is 5.63. The summed E-state index contributed by atoms with van der Waals surface area (Å²) in [4.78, 5) is 39.9. The molecule has 3 heterocycles. The topological polar surface area (TPSA) is 115 Å². The van der Waals surface area contributed by atoms with E-state index in [-0.39, 0.29) is 23.8 Å². The van der Waals surface area contributed by atoms with E-state index in [2.05, 4.69) is 25.4 Å². The minimum atomic E-state index is -0.629. The Morgan fingerprint density at radius 1 is 1.06 bits per heavy atom. The van der Waals surface area contributed by atoms with Crippen LogP contribution in [-0.2, 0) is 4.74 Å². The number of carbonyl (C=O) groups is 2. The zero-order valence-electron chi connectivity index (χ0n) is 20.6. The third-order valence-electron chi connectivity index (χ3n) is 4.71. The van der Waals surface area contributed by atoms with Gasteiger partial charge in [0, 0.05) is 18.3 Å². The number of carbonyl (C=O) groups excluding carboxylic acids is 2. The fourth-order valence-electron chi connectivity index (χ4n) is 3.47. The summed E-state index contributed by atoms with van der Waals surface area (Å²) >= 11 is 0. The van der Waals surface area contributed by atoms with Gasteiger partial charge in [-0.25, -0.2) is 19.4 Å². The van der Waals surface area contributed by atoms with Crippen molar-refractivity contribution >= 4 is 17.8 Å². The third-order valence-corrected chi connectivity index (χ3v) is 4.71. The van der Waals surface area contributed by atoms with Gasteiger partial charge in [-0.1, -0.05) is 0 Å². The van der Waals surface area contributed by atoms with Gasteiger partial charge in [0.15, 0.2) is 11.5 Å². The predicted octanol–water partition coefficient (Wildman–Crippen LogP) is 4.33. The molecule has 0 aliphatic rings. The molecule has 10 heteroatoms. The van der Waals surface area contributed by atoms with E-state index < -0.39 is 11.7 Å². The average Bonchev–Trinajstić information content (AvgIpc) is 3.18. The normalized spacial score (nSPS) is 11.6. The third kappa shape index (κ3) is 5.94. The maximum atomic E-state index is 13.3. The molecule has 0 bridgehead atoms. The number of nitrogens with one attached hydrogen (secondary N) is 1. The molecule has 2 amide bonds. The smallest absolute Gasteiger partial charge is 0.413 e. The molecule has 3 aromatic rings. The zero-order chi connectivity index (χ0) is 25.0. The van der Waals surface area contributed by atoms with Crippen LogP contribution in [0.2, 0.25) is 0 Å². The molecule has 0 spiro atoms. The minimum absolute atomic E-state index is 0.0116. The molecule has 0 fully saturated rings. The van der Waals surface area contributed by atoms with Crippen LogP contribution in [0.15, 0.2) is 43.0 Å². The molecule has 0 aliphatic heterocycles. The van der Waals surface area contributed by atoms with Crippen LogP contribution < -0.4 is 5.32 Å². The lowest BCUT2D eigenvalue weighted by atomic mass is 10.2. The number of anilines is 1. The Kier molecular flexibility index (Phi) is 7.29. The van der Waals surface area contributed by atoms with Crippen LogP contribution in [0.4, 0.5) is 10.6 Å². The van der Waals surface area contributed by atoms with E-state index in [1.807, 2.05) is 33.8 Å². The molecule has 10 nitrogen and oxygen atoms in total. The molecule has 0 radical (unpaired) electrons. The summed E-state index contributed by atoms with van der Waals surface area (Å²) in [6.45, 7) is 13.2.